The highest BCUT2D eigenvalue weighted by Crippen LogP contribution is 2.40. The van der Waals surface area contributed by atoms with Gasteiger partial charge in [0.25, 0.3) is 5.56 Å². The lowest BCUT2D eigenvalue weighted by atomic mass is 10.1. The van der Waals surface area contributed by atoms with Crippen LogP contribution in [0.1, 0.15) is 24.3 Å². The Morgan fingerprint density at radius 3 is 2.33 bits per heavy atom. The Morgan fingerprint density at radius 1 is 1.00 bits per heavy atom. The fraction of sp³-hybridized carbons (Fsp3) is 0.176. The second-order valence-electron chi connectivity index (χ2n) is 5.42. The van der Waals surface area contributed by atoms with Gasteiger partial charge in [-0.25, -0.2) is 0 Å². The third-order valence-corrected chi connectivity index (χ3v) is 4.53. The summed E-state index contributed by atoms with van der Waals surface area (Å²) < 4.78 is 2.15. The molecular formula is C17H13BrN2O. The van der Waals surface area contributed by atoms with Crippen LogP contribution in [0.25, 0.3) is 16.5 Å². The minimum atomic E-state index is -0.0898. The number of rotatable bonds is 2. The lowest BCUT2D eigenvalue weighted by molar-refractivity contribution is 0.808. The van der Waals surface area contributed by atoms with Crippen molar-refractivity contribution in [1.29, 1.82) is 0 Å². The molecule has 2 aromatic carbocycles. The molecule has 0 atom stereocenters. The van der Waals surface area contributed by atoms with Gasteiger partial charge < -0.3 is 0 Å². The molecule has 21 heavy (non-hydrogen) atoms. The zero-order valence-electron chi connectivity index (χ0n) is 11.3. The van der Waals surface area contributed by atoms with Crippen LogP contribution in [0.3, 0.4) is 0 Å². The first kappa shape index (κ1) is 12.8. The summed E-state index contributed by atoms with van der Waals surface area (Å²) >= 11 is 3.46. The van der Waals surface area contributed by atoms with Crippen LogP contribution in [0.5, 0.6) is 0 Å². The van der Waals surface area contributed by atoms with E-state index in [4.69, 9.17) is 0 Å². The highest BCUT2D eigenvalue weighted by Gasteiger charge is 2.23. The van der Waals surface area contributed by atoms with Crippen molar-refractivity contribution in [2.75, 3.05) is 0 Å². The van der Waals surface area contributed by atoms with Crippen molar-refractivity contribution in [3.63, 3.8) is 0 Å². The molecule has 4 rings (SSSR count). The van der Waals surface area contributed by atoms with E-state index in [0.29, 0.717) is 15.9 Å². The molecule has 104 valence electrons. The van der Waals surface area contributed by atoms with Crippen LogP contribution >= 0.6 is 15.9 Å². The van der Waals surface area contributed by atoms with Crippen molar-refractivity contribution in [2.45, 2.75) is 18.8 Å². The van der Waals surface area contributed by atoms with E-state index in [-0.39, 0.29) is 5.56 Å². The van der Waals surface area contributed by atoms with Crippen LogP contribution < -0.4 is 5.56 Å². The Labute approximate surface area is 130 Å². The number of hydrogen-bond acceptors (Lipinski definition) is 2. The molecule has 3 nitrogen and oxygen atoms in total. The van der Waals surface area contributed by atoms with E-state index in [0.717, 1.165) is 11.1 Å². The second-order valence-corrected chi connectivity index (χ2v) is 6.17. The van der Waals surface area contributed by atoms with Crippen LogP contribution in [-0.2, 0) is 0 Å². The van der Waals surface area contributed by atoms with Gasteiger partial charge in [-0.3, -0.25) is 4.79 Å². The number of hydrogen-bond donors (Lipinski definition) is 0. The molecule has 1 aliphatic rings. The minimum Gasteiger partial charge on any atom is -0.267 e. The van der Waals surface area contributed by atoms with Gasteiger partial charge in [-0.05, 0) is 58.5 Å². The first-order chi connectivity index (χ1) is 10.2. The molecule has 0 unspecified atom stereocenters. The van der Waals surface area contributed by atoms with Crippen molar-refractivity contribution in [2.24, 2.45) is 0 Å². The Morgan fingerprint density at radius 2 is 1.67 bits per heavy atom. The molecule has 1 fully saturated rings. The minimum absolute atomic E-state index is 0.0898. The molecule has 0 bridgehead atoms. The molecule has 0 saturated heterocycles. The molecule has 1 aliphatic carbocycles. The SMILES string of the molecule is O=c1c2ccccc2c(Br)nn1-c1ccc(C2CC2)cc1. The first-order valence-electron chi connectivity index (χ1n) is 7.02. The molecular weight excluding hydrogens is 328 g/mol. The highest BCUT2D eigenvalue weighted by molar-refractivity contribution is 9.10. The molecule has 0 spiro atoms. The number of benzene rings is 2. The van der Waals surface area contributed by atoms with Gasteiger partial charge in [-0.2, -0.15) is 9.78 Å². The number of aromatic nitrogens is 2. The predicted octanol–water partition coefficient (Wildman–Crippen LogP) is 4.03. The fourth-order valence-electron chi connectivity index (χ4n) is 2.63. The molecule has 4 heteroatoms. The smallest absolute Gasteiger partial charge is 0.267 e. The predicted molar refractivity (Wildman–Crippen MR) is 87.0 cm³/mol. The second kappa shape index (κ2) is 4.81. The van der Waals surface area contributed by atoms with E-state index >= 15 is 0 Å². The van der Waals surface area contributed by atoms with Crippen molar-refractivity contribution in [1.82, 2.24) is 9.78 Å². The van der Waals surface area contributed by atoms with Crippen molar-refractivity contribution in [3.8, 4) is 5.69 Å². The largest absolute Gasteiger partial charge is 0.279 e. The van der Waals surface area contributed by atoms with Gasteiger partial charge in [-0.1, -0.05) is 30.3 Å². The third kappa shape index (κ3) is 2.20. The molecule has 3 aromatic rings. The standard InChI is InChI=1S/C17H13BrN2O/c18-16-14-3-1-2-4-15(14)17(21)20(19-16)13-9-7-12(8-10-13)11-5-6-11/h1-4,7-11H,5-6H2. The lowest BCUT2D eigenvalue weighted by Gasteiger charge is -2.08. The van der Waals surface area contributed by atoms with E-state index < -0.39 is 0 Å². The van der Waals surface area contributed by atoms with Gasteiger partial charge in [0.2, 0.25) is 0 Å². The van der Waals surface area contributed by atoms with E-state index in [1.54, 1.807) is 0 Å². The Bertz CT molecular complexity index is 879. The molecule has 1 aromatic heterocycles. The van der Waals surface area contributed by atoms with Crippen molar-refractivity contribution >= 4 is 26.7 Å². The topological polar surface area (TPSA) is 34.9 Å². The van der Waals surface area contributed by atoms with E-state index in [2.05, 4.69) is 33.2 Å². The molecule has 0 aliphatic heterocycles. The average molecular weight is 341 g/mol. The van der Waals surface area contributed by atoms with Crippen LogP contribution in [0, 0.1) is 0 Å². The highest BCUT2D eigenvalue weighted by atomic mass is 79.9. The number of fused-ring (bicyclic) bond motifs is 1. The van der Waals surface area contributed by atoms with E-state index in [9.17, 15) is 4.79 Å². The molecule has 1 saturated carbocycles. The molecule has 0 amide bonds. The summed E-state index contributed by atoms with van der Waals surface area (Å²) in [5.74, 6) is 0.715. The summed E-state index contributed by atoms with van der Waals surface area (Å²) in [4.78, 5) is 12.6. The molecule has 0 N–H and O–H groups in total. The van der Waals surface area contributed by atoms with Crippen LogP contribution in [0.2, 0.25) is 0 Å². The Kier molecular flexibility index (Phi) is 2.93. The lowest BCUT2D eigenvalue weighted by Crippen LogP contribution is -2.21. The van der Waals surface area contributed by atoms with E-state index in [1.807, 2.05) is 36.4 Å². The Hall–Kier alpha value is -1.94. The average Bonchev–Trinajstić information content (AvgIpc) is 3.36. The maximum Gasteiger partial charge on any atom is 0.279 e. The number of halogens is 1. The number of nitrogens with zero attached hydrogens (tertiary/aromatic N) is 2. The first-order valence-corrected chi connectivity index (χ1v) is 7.81. The van der Waals surface area contributed by atoms with Gasteiger partial charge in [0, 0.05) is 5.39 Å². The summed E-state index contributed by atoms with van der Waals surface area (Å²) in [6.45, 7) is 0. The maximum atomic E-state index is 12.6. The summed E-state index contributed by atoms with van der Waals surface area (Å²) in [6.07, 6.45) is 2.55. The third-order valence-electron chi connectivity index (χ3n) is 3.95. The van der Waals surface area contributed by atoms with Crippen LogP contribution in [0.15, 0.2) is 57.9 Å². The van der Waals surface area contributed by atoms with Gasteiger partial charge in [0.15, 0.2) is 0 Å². The fourth-order valence-corrected chi connectivity index (χ4v) is 3.13. The summed E-state index contributed by atoms with van der Waals surface area (Å²) in [7, 11) is 0. The normalized spacial score (nSPS) is 14.5. The monoisotopic (exact) mass is 340 g/mol. The summed E-state index contributed by atoms with van der Waals surface area (Å²) in [5, 5.41) is 5.90. The summed E-state index contributed by atoms with van der Waals surface area (Å²) in [5.41, 5.74) is 2.07. The zero-order valence-corrected chi connectivity index (χ0v) is 12.9. The Balaban J connectivity index is 1.89. The molecule has 1 heterocycles. The van der Waals surface area contributed by atoms with Crippen molar-refractivity contribution in [3.05, 3.63) is 69.1 Å². The van der Waals surface area contributed by atoms with Gasteiger partial charge in [0.05, 0.1) is 11.1 Å². The van der Waals surface area contributed by atoms with Gasteiger partial charge >= 0.3 is 0 Å². The van der Waals surface area contributed by atoms with Crippen molar-refractivity contribution < 1.29 is 0 Å². The maximum absolute atomic E-state index is 12.6. The quantitative estimate of drug-likeness (QED) is 0.706. The van der Waals surface area contributed by atoms with E-state index in [1.165, 1.54) is 23.1 Å². The summed E-state index contributed by atoms with van der Waals surface area (Å²) in [6, 6.07) is 15.7. The zero-order chi connectivity index (χ0) is 14.4. The van der Waals surface area contributed by atoms with Gasteiger partial charge in [-0.15, -0.1) is 0 Å². The van der Waals surface area contributed by atoms with Crippen LogP contribution in [-0.4, -0.2) is 9.78 Å². The van der Waals surface area contributed by atoms with Gasteiger partial charge in [0.1, 0.15) is 4.60 Å². The van der Waals surface area contributed by atoms with Crippen LogP contribution in [0.4, 0.5) is 0 Å². The molecule has 0 radical (unpaired) electrons.